The van der Waals surface area contributed by atoms with Crippen molar-refractivity contribution in [1.29, 1.82) is 0 Å². The summed E-state index contributed by atoms with van der Waals surface area (Å²) in [5.74, 6) is -3.37. The van der Waals surface area contributed by atoms with Gasteiger partial charge in [-0.3, -0.25) is 24.5 Å². The van der Waals surface area contributed by atoms with Crippen LogP contribution in [0.15, 0.2) is 29.2 Å². The number of nitrogens with one attached hydrogen (secondary N) is 4. The first kappa shape index (κ1) is 31.5. The van der Waals surface area contributed by atoms with E-state index in [4.69, 9.17) is 10.2 Å². The van der Waals surface area contributed by atoms with E-state index in [9.17, 15) is 32.4 Å². The number of nitrogens with two attached hydrogens (primary N) is 1. The van der Waals surface area contributed by atoms with E-state index in [0.29, 0.717) is 0 Å². The Morgan fingerprint density at radius 2 is 1.38 bits per heavy atom. The van der Waals surface area contributed by atoms with Crippen LogP contribution in [-0.4, -0.2) is 61.9 Å². The molecule has 0 aliphatic rings. The van der Waals surface area contributed by atoms with Gasteiger partial charge < -0.3 is 21.1 Å². The maximum atomic E-state index is 13.0. The van der Waals surface area contributed by atoms with Crippen LogP contribution < -0.4 is 26.4 Å². The molecule has 1 aromatic carbocycles. The second-order valence-electron chi connectivity index (χ2n) is 9.30. The number of carboxylic acids is 1. The van der Waals surface area contributed by atoms with Gasteiger partial charge in [-0.05, 0) is 48.9 Å². The van der Waals surface area contributed by atoms with E-state index >= 15 is 0 Å². The predicted molar refractivity (Wildman–Crippen MR) is 134 cm³/mol. The number of hydrogen-bond donors (Lipinski definition) is 6. The predicted octanol–water partition coefficient (Wildman–Crippen LogP) is 0.310. The van der Waals surface area contributed by atoms with Crippen LogP contribution in [0.2, 0.25) is 0 Å². The Morgan fingerprint density at radius 3 is 1.84 bits per heavy atom. The molecule has 1 aromatic rings. The molecule has 13 nitrogen and oxygen atoms in total. The van der Waals surface area contributed by atoms with Gasteiger partial charge in [0, 0.05) is 12.1 Å². The van der Waals surface area contributed by atoms with Gasteiger partial charge in [0.15, 0.2) is 0 Å². The van der Waals surface area contributed by atoms with Crippen molar-refractivity contribution < 1.29 is 37.5 Å². The molecule has 206 valence electrons. The third kappa shape index (κ3) is 11.8. The van der Waals surface area contributed by atoms with E-state index in [1.807, 2.05) is 27.7 Å². The fourth-order valence-electron chi connectivity index (χ4n) is 3.24. The van der Waals surface area contributed by atoms with E-state index < -0.39 is 51.8 Å². The molecule has 0 aliphatic heterocycles. The average Bonchev–Trinajstić information content (AvgIpc) is 2.76. The van der Waals surface area contributed by atoms with E-state index in [0.717, 1.165) is 12.1 Å². The van der Waals surface area contributed by atoms with Crippen LogP contribution in [0.1, 0.15) is 57.3 Å². The van der Waals surface area contributed by atoms with Gasteiger partial charge in [-0.1, -0.05) is 27.7 Å². The quantitative estimate of drug-likeness (QED) is 0.204. The number of urea groups is 1. The van der Waals surface area contributed by atoms with E-state index in [1.165, 1.54) is 12.1 Å². The van der Waals surface area contributed by atoms with Gasteiger partial charge in [0.25, 0.3) is 5.91 Å². The summed E-state index contributed by atoms with van der Waals surface area (Å²) in [6.45, 7) is 7.18. The van der Waals surface area contributed by atoms with Crippen molar-refractivity contribution in [2.24, 2.45) is 17.0 Å². The molecule has 0 heterocycles. The van der Waals surface area contributed by atoms with Crippen LogP contribution in [-0.2, 0) is 24.4 Å². The van der Waals surface area contributed by atoms with Gasteiger partial charge in [0.1, 0.15) is 12.1 Å². The lowest BCUT2D eigenvalue weighted by molar-refractivity contribution is -0.136. The minimum atomic E-state index is -3.95. The van der Waals surface area contributed by atoms with Gasteiger partial charge in [-0.2, -0.15) is 0 Å². The third-order valence-electron chi connectivity index (χ3n) is 4.98. The zero-order valence-corrected chi connectivity index (χ0v) is 22.1. The second kappa shape index (κ2) is 14.3. The van der Waals surface area contributed by atoms with Gasteiger partial charge in [0.05, 0.1) is 11.3 Å². The molecule has 14 heteroatoms. The van der Waals surface area contributed by atoms with Crippen LogP contribution in [0.5, 0.6) is 0 Å². The minimum absolute atomic E-state index is 0.00525. The highest BCUT2D eigenvalue weighted by Crippen LogP contribution is 2.11. The number of carbonyl (C=O) groups excluding carboxylic acids is 4. The molecule has 1 rings (SSSR count). The first-order chi connectivity index (χ1) is 17.1. The maximum Gasteiger partial charge on any atom is 0.315 e. The molecule has 0 radical (unpaired) electrons. The lowest BCUT2D eigenvalue weighted by atomic mass is 10.00. The van der Waals surface area contributed by atoms with Gasteiger partial charge in [0.2, 0.25) is 21.8 Å². The molecule has 0 saturated heterocycles. The Bertz CT molecular complexity index is 1090. The molecule has 0 aromatic heterocycles. The highest BCUT2D eigenvalue weighted by atomic mass is 32.2. The Kier molecular flexibility index (Phi) is 12.2. The molecule has 37 heavy (non-hydrogen) atoms. The summed E-state index contributed by atoms with van der Waals surface area (Å²) in [4.78, 5) is 61.0. The summed E-state index contributed by atoms with van der Waals surface area (Å²) in [6.07, 6.45) is 0.141. The second-order valence-corrected chi connectivity index (χ2v) is 10.9. The number of aliphatic carboxylic acids is 1. The van der Waals surface area contributed by atoms with Crippen molar-refractivity contribution in [3.8, 4) is 0 Å². The summed E-state index contributed by atoms with van der Waals surface area (Å²) < 4.78 is 22.8. The zero-order chi connectivity index (χ0) is 28.3. The van der Waals surface area contributed by atoms with E-state index in [-0.39, 0.29) is 48.1 Å². The number of benzene rings is 1. The molecular formula is C23H35N5O8S. The number of primary sulfonamides is 1. The first-order valence-electron chi connectivity index (χ1n) is 11.6. The van der Waals surface area contributed by atoms with Crippen molar-refractivity contribution in [3.05, 3.63) is 29.8 Å². The molecule has 5 amide bonds. The molecule has 2 atom stereocenters. The highest BCUT2D eigenvalue weighted by molar-refractivity contribution is 7.89. The molecule has 0 fully saturated rings. The SMILES string of the molecule is CC(C)C[C@H](NC(=O)NCCC(=O)O)C(=O)N[C@@H](CC(C)C)C(=O)NC(=O)c1ccc(S(N)(=O)=O)cc1. The van der Waals surface area contributed by atoms with Crippen molar-refractivity contribution >= 4 is 39.7 Å². The summed E-state index contributed by atoms with van der Waals surface area (Å²) in [5, 5.41) is 23.4. The van der Waals surface area contributed by atoms with Crippen molar-refractivity contribution in [3.63, 3.8) is 0 Å². The van der Waals surface area contributed by atoms with Crippen LogP contribution in [0.25, 0.3) is 0 Å². The first-order valence-corrected chi connectivity index (χ1v) is 13.2. The molecule has 0 saturated carbocycles. The molecule has 0 unspecified atom stereocenters. The monoisotopic (exact) mass is 541 g/mol. The van der Waals surface area contributed by atoms with E-state index in [1.54, 1.807) is 0 Å². The number of imide groups is 1. The standard InChI is InChI=1S/C23H35N5O8S/c1-13(2)11-17(22(33)28-20(31)15-5-7-16(8-6-15)37(24,35)36)26-21(32)18(12-14(3)4)27-23(34)25-10-9-19(29)30/h5-8,13-14,17-18H,9-12H2,1-4H3,(H,26,32)(H,29,30)(H2,24,35,36)(H2,25,27,34)(H,28,31,33)/t17-,18-/m0/s1. The minimum Gasteiger partial charge on any atom is -0.481 e. The number of carboxylic acid groups (broad SMARTS) is 1. The van der Waals surface area contributed by atoms with Crippen LogP contribution in [0.3, 0.4) is 0 Å². The number of hydrogen-bond acceptors (Lipinski definition) is 7. The topological polar surface area (TPSA) is 214 Å². The Labute approximate surface area is 216 Å². The Morgan fingerprint density at radius 1 is 0.865 bits per heavy atom. The summed E-state index contributed by atoms with van der Waals surface area (Å²) in [5.41, 5.74) is 0.00718. The largest absolute Gasteiger partial charge is 0.481 e. The van der Waals surface area contributed by atoms with E-state index in [2.05, 4.69) is 21.3 Å². The van der Waals surface area contributed by atoms with Crippen molar-refractivity contribution in [2.75, 3.05) is 6.54 Å². The molecular weight excluding hydrogens is 506 g/mol. The summed E-state index contributed by atoms with van der Waals surface area (Å²) in [7, 11) is -3.95. The van der Waals surface area contributed by atoms with Crippen molar-refractivity contribution in [1.82, 2.24) is 21.3 Å². The summed E-state index contributed by atoms with van der Waals surface area (Å²) >= 11 is 0. The molecule has 0 spiro atoms. The highest BCUT2D eigenvalue weighted by Gasteiger charge is 2.29. The third-order valence-corrected chi connectivity index (χ3v) is 5.90. The lowest BCUT2D eigenvalue weighted by Crippen LogP contribution is -2.56. The fourth-order valence-corrected chi connectivity index (χ4v) is 3.75. The van der Waals surface area contributed by atoms with Crippen LogP contribution >= 0.6 is 0 Å². The van der Waals surface area contributed by atoms with Gasteiger partial charge >= 0.3 is 12.0 Å². The summed E-state index contributed by atoms with van der Waals surface area (Å²) in [6, 6.07) is 1.80. The lowest BCUT2D eigenvalue weighted by Gasteiger charge is -2.25. The molecule has 0 aliphatic carbocycles. The van der Waals surface area contributed by atoms with Gasteiger partial charge in [-0.25, -0.2) is 18.4 Å². The molecule has 7 N–H and O–H groups in total. The normalized spacial score (nSPS) is 12.9. The Hall–Kier alpha value is -3.52. The Balaban J connectivity index is 2.94. The number of amides is 5. The maximum absolute atomic E-state index is 13.0. The average molecular weight is 542 g/mol. The molecule has 0 bridgehead atoms. The number of sulfonamides is 1. The smallest absolute Gasteiger partial charge is 0.315 e. The number of rotatable bonds is 13. The van der Waals surface area contributed by atoms with Crippen LogP contribution in [0, 0.1) is 11.8 Å². The van der Waals surface area contributed by atoms with Gasteiger partial charge in [-0.15, -0.1) is 0 Å². The fraction of sp³-hybridized carbons (Fsp3) is 0.522. The zero-order valence-electron chi connectivity index (χ0n) is 21.2. The van der Waals surface area contributed by atoms with Crippen molar-refractivity contribution in [2.45, 2.75) is 63.9 Å². The number of carbonyl (C=O) groups is 5. The van der Waals surface area contributed by atoms with Crippen LogP contribution in [0.4, 0.5) is 4.79 Å².